The number of carbonyl (C=O) groups excluding carboxylic acids is 1. The Morgan fingerprint density at radius 1 is 1.09 bits per heavy atom. The van der Waals surface area contributed by atoms with Crippen LogP contribution in [0.15, 0.2) is 0 Å². The van der Waals surface area contributed by atoms with E-state index in [-0.39, 0.29) is 18.1 Å². The van der Waals surface area contributed by atoms with Crippen molar-refractivity contribution in [3.63, 3.8) is 0 Å². The Labute approximate surface area is 139 Å². The molecular formula is C16H30N2O4S. The zero-order valence-corrected chi connectivity index (χ0v) is 15.2. The van der Waals surface area contributed by atoms with E-state index in [0.717, 1.165) is 38.6 Å². The summed E-state index contributed by atoms with van der Waals surface area (Å²) >= 11 is 0. The molecule has 2 aliphatic rings. The first kappa shape index (κ1) is 18.5. The first-order chi connectivity index (χ1) is 10.6. The first-order valence-electron chi connectivity index (χ1n) is 8.56. The summed E-state index contributed by atoms with van der Waals surface area (Å²) in [5, 5.41) is 6.44. The van der Waals surface area contributed by atoms with Crippen LogP contribution >= 0.6 is 0 Å². The third-order valence-corrected chi connectivity index (χ3v) is 6.31. The second kappa shape index (κ2) is 7.38. The number of ether oxygens (including phenoxy) is 1. The topological polar surface area (TPSA) is 84.5 Å². The molecule has 1 heterocycles. The standard InChI is InChI=1S/C16H30N2O4S/c1-16(2,3)22-15(19)18-14-6-4-13(5-7-14)17-10-12-8-9-23(20,21)11-12/h12-14,17H,4-11H2,1-3H3,(H,18,19). The average Bonchev–Trinajstić information content (AvgIpc) is 2.75. The van der Waals surface area contributed by atoms with Gasteiger partial charge in [-0.1, -0.05) is 0 Å². The first-order valence-corrected chi connectivity index (χ1v) is 10.4. The fraction of sp³-hybridized carbons (Fsp3) is 0.938. The molecule has 0 bridgehead atoms. The summed E-state index contributed by atoms with van der Waals surface area (Å²) in [7, 11) is -2.79. The lowest BCUT2D eigenvalue weighted by Gasteiger charge is -2.31. The van der Waals surface area contributed by atoms with Gasteiger partial charge in [0.15, 0.2) is 9.84 Å². The maximum Gasteiger partial charge on any atom is 0.407 e. The van der Waals surface area contributed by atoms with Crippen LogP contribution in [0.2, 0.25) is 0 Å². The van der Waals surface area contributed by atoms with Crippen LogP contribution in [0.3, 0.4) is 0 Å². The minimum absolute atomic E-state index is 0.176. The fourth-order valence-corrected chi connectivity index (χ4v) is 5.14. The number of hydrogen-bond donors (Lipinski definition) is 2. The van der Waals surface area contributed by atoms with E-state index < -0.39 is 15.4 Å². The Hall–Kier alpha value is -0.820. The van der Waals surface area contributed by atoms with Crippen molar-refractivity contribution in [3.8, 4) is 0 Å². The van der Waals surface area contributed by atoms with Crippen LogP contribution in [-0.4, -0.2) is 50.2 Å². The van der Waals surface area contributed by atoms with Crippen molar-refractivity contribution < 1.29 is 17.9 Å². The molecule has 1 atom stereocenters. The third kappa shape index (κ3) is 6.67. The molecule has 134 valence electrons. The van der Waals surface area contributed by atoms with Crippen molar-refractivity contribution in [2.24, 2.45) is 5.92 Å². The van der Waals surface area contributed by atoms with Gasteiger partial charge in [-0.15, -0.1) is 0 Å². The van der Waals surface area contributed by atoms with Gasteiger partial charge >= 0.3 is 6.09 Å². The van der Waals surface area contributed by atoms with Crippen molar-refractivity contribution in [2.75, 3.05) is 18.1 Å². The van der Waals surface area contributed by atoms with Crippen LogP contribution in [0.25, 0.3) is 0 Å². The van der Waals surface area contributed by atoms with Crippen LogP contribution in [0.1, 0.15) is 52.9 Å². The summed E-state index contributed by atoms with van der Waals surface area (Å²) in [6, 6.07) is 0.602. The van der Waals surface area contributed by atoms with Gasteiger partial charge in [-0.3, -0.25) is 0 Å². The highest BCUT2D eigenvalue weighted by Crippen LogP contribution is 2.21. The van der Waals surface area contributed by atoms with Crippen LogP contribution < -0.4 is 10.6 Å². The predicted octanol–water partition coefficient (Wildman–Crippen LogP) is 1.85. The van der Waals surface area contributed by atoms with Crippen molar-refractivity contribution in [1.29, 1.82) is 0 Å². The number of carbonyl (C=O) groups is 1. The normalized spacial score (nSPS) is 30.8. The van der Waals surface area contributed by atoms with Gasteiger partial charge in [0.05, 0.1) is 11.5 Å². The molecule has 2 fully saturated rings. The van der Waals surface area contributed by atoms with Gasteiger partial charge in [-0.05, 0) is 65.3 Å². The SMILES string of the molecule is CC(C)(C)OC(=O)NC1CCC(NCC2CCS(=O)(=O)C2)CC1. The van der Waals surface area contributed by atoms with Crippen molar-refractivity contribution in [3.05, 3.63) is 0 Å². The highest BCUT2D eigenvalue weighted by molar-refractivity contribution is 7.91. The van der Waals surface area contributed by atoms with Crippen LogP contribution in [0, 0.1) is 5.92 Å². The molecule has 23 heavy (non-hydrogen) atoms. The Bertz CT molecular complexity index is 505. The minimum atomic E-state index is -2.79. The largest absolute Gasteiger partial charge is 0.444 e. The second-order valence-corrected chi connectivity index (χ2v) is 10.1. The minimum Gasteiger partial charge on any atom is -0.444 e. The Morgan fingerprint density at radius 2 is 1.70 bits per heavy atom. The molecular weight excluding hydrogens is 316 g/mol. The highest BCUT2D eigenvalue weighted by Gasteiger charge is 2.29. The highest BCUT2D eigenvalue weighted by atomic mass is 32.2. The maximum atomic E-state index is 11.8. The molecule has 1 aliphatic heterocycles. The van der Waals surface area contributed by atoms with Crippen molar-refractivity contribution in [1.82, 2.24) is 10.6 Å². The molecule has 0 aromatic carbocycles. The Morgan fingerprint density at radius 3 is 2.22 bits per heavy atom. The lowest BCUT2D eigenvalue weighted by molar-refractivity contribution is 0.0489. The maximum absolute atomic E-state index is 11.8. The zero-order chi connectivity index (χ0) is 17.1. The van der Waals surface area contributed by atoms with Crippen molar-refractivity contribution >= 4 is 15.9 Å². The molecule has 6 nitrogen and oxygen atoms in total. The molecule has 1 aliphatic carbocycles. The van der Waals surface area contributed by atoms with E-state index in [2.05, 4.69) is 10.6 Å². The second-order valence-electron chi connectivity index (χ2n) is 7.87. The monoisotopic (exact) mass is 346 g/mol. The van der Waals surface area contributed by atoms with Crippen molar-refractivity contribution in [2.45, 2.75) is 70.6 Å². The molecule has 0 spiro atoms. The summed E-state index contributed by atoms with van der Waals surface area (Å²) in [5.41, 5.74) is -0.468. The number of rotatable bonds is 4. The fourth-order valence-electron chi connectivity index (χ4n) is 3.28. The molecule has 2 N–H and O–H groups in total. The number of alkyl carbamates (subject to hydrolysis) is 1. The van der Waals surface area contributed by atoms with E-state index >= 15 is 0 Å². The summed E-state index contributed by atoms with van der Waals surface area (Å²) in [5.74, 6) is 0.930. The van der Waals surface area contributed by atoms with E-state index in [0.29, 0.717) is 17.5 Å². The molecule has 1 saturated carbocycles. The molecule has 0 radical (unpaired) electrons. The number of sulfone groups is 1. The zero-order valence-electron chi connectivity index (χ0n) is 14.4. The van der Waals surface area contributed by atoms with E-state index in [1.807, 2.05) is 20.8 Å². The van der Waals surface area contributed by atoms with Gasteiger partial charge in [0.2, 0.25) is 0 Å². The summed E-state index contributed by atoms with van der Waals surface area (Å²) < 4.78 is 28.2. The molecule has 0 aromatic heterocycles. The lowest BCUT2D eigenvalue weighted by atomic mass is 9.91. The Balaban J connectivity index is 1.63. The summed E-state index contributed by atoms with van der Waals surface area (Å²) in [6.45, 7) is 6.36. The van der Waals surface area contributed by atoms with E-state index in [9.17, 15) is 13.2 Å². The summed E-state index contributed by atoms with van der Waals surface area (Å²) in [4.78, 5) is 11.8. The number of hydrogen-bond acceptors (Lipinski definition) is 5. The van der Waals surface area contributed by atoms with Gasteiger partial charge in [-0.2, -0.15) is 0 Å². The van der Waals surface area contributed by atoms with E-state index in [1.165, 1.54) is 0 Å². The van der Waals surface area contributed by atoms with Crippen LogP contribution in [-0.2, 0) is 14.6 Å². The quantitative estimate of drug-likeness (QED) is 0.811. The van der Waals surface area contributed by atoms with E-state index in [4.69, 9.17) is 4.74 Å². The molecule has 0 aromatic rings. The van der Waals surface area contributed by atoms with Gasteiger partial charge in [0.25, 0.3) is 0 Å². The molecule has 1 amide bonds. The predicted molar refractivity (Wildman–Crippen MR) is 90.2 cm³/mol. The van der Waals surface area contributed by atoms with Gasteiger partial charge in [0.1, 0.15) is 5.60 Å². The van der Waals surface area contributed by atoms with E-state index in [1.54, 1.807) is 0 Å². The van der Waals surface area contributed by atoms with Crippen LogP contribution in [0.4, 0.5) is 4.79 Å². The Kier molecular flexibility index (Phi) is 5.94. The molecule has 1 unspecified atom stereocenters. The third-order valence-electron chi connectivity index (χ3n) is 4.47. The number of nitrogens with one attached hydrogen (secondary N) is 2. The van der Waals surface area contributed by atoms with Crippen LogP contribution in [0.5, 0.6) is 0 Å². The summed E-state index contributed by atoms with van der Waals surface area (Å²) in [6.07, 6.45) is 4.30. The van der Waals surface area contributed by atoms with Gasteiger partial charge in [0, 0.05) is 12.1 Å². The molecule has 2 rings (SSSR count). The molecule has 1 saturated heterocycles. The van der Waals surface area contributed by atoms with Gasteiger partial charge < -0.3 is 15.4 Å². The number of amides is 1. The average molecular weight is 346 g/mol. The molecule has 7 heteroatoms. The lowest BCUT2D eigenvalue weighted by Crippen LogP contribution is -2.44. The van der Waals surface area contributed by atoms with Gasteiger partial charge in [-0.25, -0.2) is 13.2 Å². The smallest absolute Gasteiger partial charge is 0.407 e.